The van der Waals surface area contributed by atoms with Crippen LogP contribution in [-0.2, 0) is 26.1 Å². The number of benzene rings is 2. The maximum atomic E-state index is 13.2. The largest absolute Gasteiger partial charge is 0.380 e. The zero-order valence-electron chi connectivity index (χ0n) is 19.5. The third-order valence-electron chi connectivity index (χ3n) is 6.00. The Hall–Kier alpha value is -3.00. The minimum Gasteiger partial charge on any atom is -0.380 e. The first kappa shape index (κ1) is 26.1. The summed E-state index contributed by atoms with van der Waals surface area (Å²) >= 11 is 1.26. The number of hydrogen-bond acceptors (Lipinski definition) is 7. The van der Waals surface area contributed by atoms with Crippen molar-refractivity contribution >= 4 is 43.2 Å². The lowest BCUT2D eigenvalue weighted by atomic mass is 9.98. The number of piperidine rings is 1. The SMILES string of the molecule is CCOCCn1c(=NC(=O)C2CCN(S(=O)(=O)c3ccc(F)cc3)CC2)sc2ccc([N+](=O)[O-])cc21. The fourth-order valence-electron chi connectivity index (χ4n) is 4.06. The molecular formula is C23H25FN4O6S2. The van der Waals surface area contributed by atoms with Gasteiger partial charge < -0.3 is 9.30 Å². The van der Waals surface area contributed by atoms with Crippen molar-refractivity contribution in [2.24, 2.45) is 10.9 Å². The number of nitrogens with zero attached hydrogens (tertiary/aromatic N) is 4. The van der Waals surface area contributed by atoms with Gasteiger partial charge in [0.2, 0.25) is 10.0 Å². The molecule has 0 bridgehead atoms. The predicted molar refractivity (Wildman–Crippen MR) is 131 cm³/mol. The van der Waals surface area contributed by atoms with Crippen molar-refractivity contribution in [3.8, 4) is 0 Å². The number of halogens is 1. The number of nitro groups is 1. The van der Waals surface area contributed by atoms with E-state index in [2.05, 4.69) is 4.99 Å². The number of hydrogen-bond donors (Lipinski definition) is 0. The van der Waals surface area contributed by atoms with Crippen molar-refractivity contribution in [1.29, 1.82) is 0 Å². The fraction of sp³-hybridized carbons (Fsp3) is 0.391. The first-order valence-corrected chi connectivity index (χ1v) is 13.7. The van der Waals surface area contributed by atoms with Crippen LogP contribution >= 0.6 is 11.3 Å². The van der Waals surface area contributed by atoms with Crippen molar-refractivity contribution in [2.45, 2.75) is 31.2 Å². The number of non-ortho nitro benzene ring substituents is 1. The molecule has 2 heterocycles. The normalized spacial score (nSPS) is 16.0. The van der Waals surface area contributed by atoms with Crippen molar-refractivity contribution in [3.63, 3.8) is 0 Å². The highest BCUT2D eigenvalue weighted by molar-refractivity contribution is 7.89. The van der Waals surface area contributed by atoms with Crippen LogP contribution in [0.1, 0.15) is 19.8 Å². The number of thiazole rings is 1. The van der Waals surface area contributed by atoms with E-state index in [-0.39, 0.29) is 29.6 Å². The van der Waals surface area contributed by atoms with Gasteiger partial charge in [0.15, 0.2) is 4.80 Å². The van der Waals surface area contributed by atoms with E-state index in [4.69, 9.17) is 4.74 Å². The van der Waals surface area contributed by atoms with Crippen LogP contribution in [0.5, 0.6) is 0 Å². The van der Waals surface area contributed by atoms with Crippen molar-refractivity contribution in [1.82, 2.24) is 8.87 Å². The maximum absolute atomic E-state index is 13.2. The third kappa shape index (κ3) is 5.53. The summed E-state index contributed by atoms with van der Waals surface area (Å²) in [5.41, 5.74) is 0.540. The molecule has 1 fully saturated rings. The Labute approximate surface area is 210 Å². The molecule has 1 aliphatic rings. The smallest absolute Gasteiger partial charge is 0.271 e. The minimum absolute atomic E-state index is 0.00748. The van der Waals surface area contributed by atoms with Gasteiger partial charge in [-0.2, -0.15) is 9.30 Å². The standard InChI is InChI=1S/C23H25FN4O6S2/c1-2-34-14-13-27-20-15-18(28(30)31)5-8-21(20)35-23(27)25-22(29)16-9-11-26(12-10-16)36(32,33)19-6-3-17(24)4-7-19/h3-8,15-16H,2,9-14H2,1H3. The highest BCUT2D eigenvalue weighted by Gasteiger charge is 2.32. The second kappa shape index (κ2) is 10.9. The van der Waals surface area contributed by atoms with E-state index in [1.807, 2.05) is 6.92 Å². The van der Waals surface area contributed by atoms with Crippen LogP contribution in [-0.4, -0.2) is 54.4 Å². The van der Waals surface area contributed by atoms with Crippen LogP contribution in [0.3, 0.4) is 0 Å². The zero-order chi connectivity index (χ0) is 25.9. The zero-order valence-corrected chi connectivity index (χ0v) is 21.1. The third-order valence-corrected chi connectivity index (χ3v) is 8.97. The Balaban J connectivity index is 1.55. The van der Waals surface area contributed by atoms with Crippen LogP contribution in [0.15, 0.2) is 52.4 Å². The van der Waals surface area contributed by atoms with Crippen LogP contribution < -0.4 is 4.80 Å². The molecule has 0 N–H and O–H groups in total. The summed E-state index contributed by atoms with van der Waals surface area (Å²) in [6.45, 7) is 3.39. The van der Waals surface area contributed by atoms with Gasteiger partial charge in [-0.1, -0.05) is 11.3 Å². The molecule has 1 saturated heterocycles. The second-order valence-electron chi connectivity index (χ2n) is 8.22. The topological polar surface area (TPSA) is 124 Å². The Kier molecular flexibility index (Phi) is 7.93. The molecule has 4 rings (SSSR count). The first-order chi connectivity index (χ1) is 17.2. The van der Waals surface area contributed by atoms with Gasteiger partial charge >= 0.3 is 0 Å². The van der Waals surface area contributed by atoms with Gasteiger partial charge in [-0.25, -0.2) is 12.8 Å². The van der Waals surface area contributed by atoms with Crippen LogP contribution in [0.2, 0.25) is 0 Å². The molecule has 13 heteroatoms. The summed E-state index contributed by atoms with van der Waals surface area (Å²) in [6.07, 6.45) is 0.607. The van der Waals surface area contributed by atoms with Gasteiger partial charge in [0.05, 0.1) is 26.6 Å². The van der Waals surface area contributed by atoms with Gasteiger partial charge in [-0.05, 0) is 50.1 Å². The van der Waals surface area contributed by atoms with Crippen LogP contribution in [0.25, 0.3) is 10.2 Å². The fourth-order valence-corrected chi connectivity index (χ4v) is 6.57. The quantitative estimate of drug-likeness (QED) is 0.247. The van der Waals surface area contributed by atoms with Crippen molar-refractivity contribution < 1.29 is 27.3 Å². The number of carbonyl (C=O) groups excluding carboxylic acids is 1. The predicted octanol–water partition coefficient (Wildman–Crippen LogP) is 3.31. The molecular weight excluding hydrogens is 511 g/mol. The molecule has 0 atom stereocenters. The highest BCUT2D eigenvalue weighted by atomic mass is 32.2. The van der Waals surface area contributed by atoms with Gasteiger partial charge in [-0.3, -0.25) is 14.9 Å². The van der Waals surface area contributed by atoms with Gasteiger partial charge in [0.25, 0.3) is 11.6 Å². The minimum atomic E-state index is -3.78. The average Bonchev–Trinajstić information content (AvgIpc) is 3.20. The molecule has 1 aliphatic heterocycles. The van der Waals surface area contributed by atoms with Gasteiger partial charge in [0, 0.05) is 44.3 Å². The lowest BCUT2D eigenvalue weighted by Crippen LogP contribution is -2.40. The molecule has 1 aromatic heterocycles. The molecule has 0 saturated carbocycles. The monoisotopic (exact) mass is 536 g/mol. The van der Waals surface area contributed by atoms with E-state index >= 15 is 0 Å². The molecule has 0 unspecified atom stereocenters. The molecule has 1 amide bonds. The molecule has 36 heavy (non-hydrogen) atoms. The number of rotatable bonds is 8. The molecule has 0 aliphatic carbocycles. The number of aromatic nitrogens is 1. The summed E-state index contributed by atoms with van der Waals surface area (Å²) in [5, 5.41) is 11.2. The summed E-state index contributed by atoms with van der Waals surface area (Å²) in [6, 6.07) is 9.16. The van der Waals surface area contributed by atoms with E-state index in [1.165, 1.54) is 39.9 Å². The number of nitro benzene ring substituents is 1. The van der Waals surface area contributed by atoms with E-state index in [0.29, 0.717) is 42.9 Å². The molecule has 10 nitrogen and oxygen atoms in total. The number of ether oxygens (including phenoxy) is 1. The Morgan fingerprint density at radius 3 is 2.56 bits per heavy atom. The number of fused-ring (bicyclic) bond motifs is 1. The van der Waals surface area contributed by atoms with Gasteiger partial charge in [-0.15, -0.1) is 0 Å². The first-order valence-electron chi connectivity index (χ1n) is 11.4. The van der Waals surface area contributed by atoms with Crippen LogP contribution in [0.4, 0.5) is 10.1 Å². The van der Waals surface area contributed by atoms with E-state index in [1.54, 1.807) is 10.6 Å². The summed E-state index contributed by atoms with van der Waals surface area (Å²) in [5.74, 6) is -1.33. The van der Waals surface area contributed by atoms with E-state index < -0.39 is 26.7 Å². The summed E-state index contributed by atoms with van der Waals surface area (Å²) < 4.78 is 48.1. The molecule has 192 valence electrons. The van der Waals surface area contributed by atoms with E-state index in [9.17, 15) is 27.7 Å². The molecule has 3 aromatic rings. The highest BCUT2D eigenvalue weighted by Crippen LogP contribution is 2.26. The number of sulfonamides is 1. The van der Waals surface area contributed by atoms with Crippen molar-refractivity contribution in [2.75, 3.05) is 26.3 Å². The average molecular weight is 537 g/mol. The van der Waals surface area contributed by atoms with E-state index in [0.717, 1.165) is 16.8 Å². The Bertz CT molecular complexity index is 1440. The number of carbonyl (C=O) groups is 1. The lowest BCUT2D eigenvalue weighted by molar-refractivity contribution is -0.384. The summed E-state index contributed by atoms with van der Waals surface area (Å²) in [7, 11) is -3.78. The summed E-state index contributed by atoms with van der Waals surface area (Å²) in [4.78, 5) is 28.6. The number of amides is 1. The molecule has 2 aromatic carbocycles. The van der Waals surface area contributed by atoms with Crippen molar-refractivity contribution in [3.05, 3.63) is 63.2 Å². The lowest BCUT2D eigenvalue weighted by Gasteiger charge is -2.29. The Morgan fingerprint density at radius 1 is 1.22 bits per heavy atom. The second-order valence-corrected chi connectivity index (χ2v) is 11.2. The molecule has 0 radical (unpaired) electrons. The Morgan fingerprint density at radius 2 is 1.92 bits per heavy atom. The van der Waals surface area contributed by atoms with Gasteiger partial charge in [0.1, 0.15) is 5.82 Å². The molecule has 0 spiro atoms. The van der Waals surface area contributed by atoms with Crippen LogP contribution in [0, 0.1) is 21.8 Å². The maximum Gasteiger partial charge on any atom is 0.271 e.